The number of hydrogen-bond acceptors (Lipinski definition) is 3. The van der Waals surface area contributed by atoms with E-state index in [1.54, 1.807) is 6.20 Å². The summed E-state index contributed by atoms with van der Waals surface area (Å²) < 4.78 is 5.29. The van der Waals surface area contributed by atoms with Crippen LogP contribution < -0.4 is 10.1 Å². The first-order valence-corrected chi connectivity index (χ1v) is 4.44. The van der Waals surface area contributed by atoms with E-state index in [1.807, 2.05) is 0 Å². The van der Waals surface area contributed by atoms with Gasteiger partial charge in [0.1, 0.15) is 0 Å². The Hall–Kier alpha value is -1.25. The van der Waals surface area contributed by atoms with E-state index in [1.165, 1.54) is 0 Å². The maximum Gasteiger partial charge on any atom is 0.163 e. The van der Waals surface area contributed by atoms with E-state index in [0.717, 1.165) is 17.1 Å². The molecule has 2 heterocycles. The number of pyridine rings is 1. The van der Waals surface area contributed by atoms with Crippen molar-refractivity contribution in [2.45, 2.75) is 26.2 Å². The molecular formula is C10H14N2O. The van der Waals surface area contributed by atoms with Gasteiger partial charge < -0.3 is 10.1 Å². The molecule has 0 bridgehead atoms. The number of hydrogen-bond donors (Lipinski definition) is 1. The SMILES string of the molecule is CC(C)(C)c1cc2c(cn1)OCN2. The predicted octanol–water partition coefficient (Wildman–Crippen LogP) is 2.14. The van der Waals surface area contributed by atoms with Crippen LogP contribution in [0.15, 0.2) is 12.3 Å². The van der Waals surface area contributed by atoms with Crippen LogP contribution in [-0.4, -0.2) is 11.7 Å². The Bertz CT molecular complexity index is 328. The van der Waals surface area contributed by atoms with Crippen LogP contribution in [0.4, 0.5) is 5.69 Å². The first-order valence-electron chi connectivity index (χ1n) is 4.44. The molecule has 0 saturated carbocycles. The van der Waals surface area contributed by atoms with Crippen molar-refractivity contribution < 1.29 is 4.74 Å². The van der Waals surface area contributed by atoms with Gasteiger partial charge in [0.05, 0.1) is 11.9 Å². The van der Waals surface area contributed by atoms with Gasteiger partial charge in [0.15, 0.2) is 12.5 Å². The fraction of sp³-hybridized carbons (Fsp3) is 0.500. The van der Waals surface area contributed by atoms with E-state index < -0.39 is 0 Å². The van der Waals surface area contributed by atoms with Gasteiger partial charge in [-0.05, 0) is 6.07 Å². The molecule has 3 heteroatoms. The Morgan fingerprint density at radius 1 is 1.46 bits per heavy atom. The highest BCUT2D eigenvalue weighted by atomic mass is 16.5. The van der Waals surface area contributed by atoms with Gasteiger partial charge in [0.25, 0.3) is 0 Å². The van der Waals surface area contributed by atoms with Crippen molar-refractivity contribution in [2.24, 2.45) is 0 Å². The van der Waals surface area contributed by atoms with Crippen molar-refractivity contribution in [3.05, 3.63) is 18.0 Å². The van der Waals surface area contributed by atoms with Gasteiger partial charge in [0, 0.05) is 11.1 Å². The zero-order valence-corrected chi connectivity index (χ0v) is 8.22. The van der Waals surface area contributed by atoms with Gasteiger partial charge in [-0.1, -0.05) is 20.8 Å². The van der Waals surface area contributed by atoms with Gasteiger partial charge in [-0.2, -0.15) is 0 Å². The summed E-state index contributed by atoms with van der Waals surface area (Å²) in [5, 5.41) is 3.15. The highest BCUT2D eigenvalue weighted by molar-refractivity contribution is 5.59. The van der Waals surface area contributed by atoms with Gasteiger partial charge in [-0.25, -0.2) is 0 Å². The topological polar surface area (TPSA) is 34.1 Å². The third kappa shape index (κ3) is 1.46. The van der Waals surface area contributed by atoms with Crippen LogP contribution in [0.25, 0.3) is 0 Å². The Kier molecular flexibility index (Phi) is 1.68. The maximum absolute atomic E-state index is 5.29. The van der Waals surface area contributed by atoms with E-state index in [0.29, 0.717) is 6.73 Å². The molecule has 2 rings (SSSR count). The van der Waals surface area contributed by atoms with Crippen LogP contribution in [0.5, 0.6) is 5.75 Å². The number of ether oxygens (including phenoxy) is 1. The Balaban J connectivity index is 2.42. The smallest absolute Gasteiger partial charge is 0.163 e. The lowest BCUT2D eigenvalue weighted by Crippen LogP contribution is -2.13. The predicted molar refractivity (Wildman–Crippen MR) is 52.1 cm³/mol. The molecule has 0 saturated heterocycles. The zero-order chi connectivity index (χ0) is 9.47. The van der Waals surface area contributed by atoms with E-state index in [4.69, 9.17) is 4.74 Å². The lowest BCUT2D eigenvalue weighted by molar-refractivity contribution is 0.371. The van der Waals surface area contributed by atoms with E-state index in [9.17, 15) is 0 Å². The minimum absolute atomic E-state index is 0.0965. The Morgan fingerprint density at radius 3 is 2.92 bits per heavy atom. The minimum Gasteiger partial charge on any atom is -0.470 e. The van der Waals surface area contributed by atoms with Gasteiger partial charge in [0.2, 0.25) is 0 Å². The average molecular weight is 178 g/mol. The summed E-state index contributed by atoms with van der Waals surface area (Å²) in [6, 6.07) is 2.06. The minimum atomic E-state index is 0.0965. The first kappa shape index (κ1) is 8.35. The molecule has 0 unspecified atom stereocenters. The summed E-state index contributed by atoms with van der Waals surface area (Å²) in [4.78, 5) is 4.36. The molecule has 0 radical (unpaired) electrons. The molecular weight excluding hydrogens is 164 g/mol. The third-order valence-electron chi connectivity index (χ3n) is 2.13. The molecule has 1 aliphatic heterocycles. The van der Waals surface area contributed by atoms with E-state index >= 15 is 0 Å². The fourth-order valence-electron chi connectivity index (χ4n) is 1.30. The monoisotopic (exact) mass is 178 g/mol. The summed E-state index contributed by atoms with van der Waals surface area (Å²) in [5.74, 6) is 0.855. The number of rotatable bonds is 0. The van der Waals surface area contributed by atoms with Crippen LogP contribution in [-0.2, 0) is 5.41 Å². The summed E-state index contributed by atoms with van der Waals surface area (Å²) >= 11 is 0. The maximum atomic E-state index is 5.29. The zero-order valence-electron chi connectivity index (χ0n) is 8.22. The first-order chi connectivity index (χ1) is 6.07. The summed E-state index contributed by atoms with van der Waals surface area (Å²) in [6.45, 7) is 7.01. The van der Waals surface area contributed by atoms with Crippen molar-refractivity contribution in [1.29, 1.82) is 0 Å². The quantitative estimate of drug-likeness (QED) is 0.661. The van der Waals surface area contributed by atoms with Crippen LogP contribution in [0, 0.1) is 0 Å². The molecule has 3 nitrogen and oxygen atoms in total. The number of fused-ring (bicyclic) bond motifs is 1. The number of nitrogens with one attached hydrogen (secondary N) is 1. The number of aromatic nitrogens is 1. The molecule has 1 aromatic heterocycles. The molecule has 0 amide bonds. The number of anilines is 1. The third-order valence-corrected chi connectivity index (χ3v) is 2.13. The average Bonchev–Trinajstić information content (AvgIpc) is 2.47. The fourth-order valence-corrected chi connectivity index (χ4v) is 1.30. The summed E-state index contributed by atoms with van der Waals surface area (Å²) in [6.07, 6.45) is 1.79. The lowest BCUT2D eigenvalue weighted by atomic mass is 9.91. The summed E-state index contributed by atoms with van der Waals surface area (Å²) in [7, 11) is 0. The van der Waals surface area contributed by atoms with E-state index in [-0.39, 0.29) is 5.41 Å². The van der Waals surface area contributed by atoms with Gasteiger partial charge in [-0.15, -0.1) is 0 Å². The molecule has 1 N–H and O–H groups in total. The molecule has 70 valence electrons. The molecule has 0 aromatic carbocycles. The van der Waals surface area contributed by atoms with Crippen LogP contribution in [0.3, 0.4) is 0 Å². The lowest BCUT2D eigenvalue weighted by Gasteiger charge is -2.17. The Labute approximate surface area is 78.1 Å². The van der Waals surface area contributed by atoms with Crippen molar-refractivity contribution in [2.75, 3.05) is 12.0 Å². The normalized spacial score (nSPS) is 14.7. The molecule has 1 aliphatic rings. The molecule has 0 spiro atoms. The standard InChI is InChI=1S/C10H14N2O/c1-10(2,3)9-4-7-8(5-11-9)13-6-12-7/h4-5,12H,6H2,1-3H3. The molecule has 13 heavy (non-hydrogen) atoms. The van der Waals surface area contributed by atoms with Gasteiger partial charge >= 0.3 is 0 Å². The Morgan fingerprint density at radius 2 is 2.23 bits per heavy atom. The van der Waals surface area contributed by atoms with Crippen LogP contribution in [0.1, 0.15) is 26.5 Å². The molecule has 0 aliphatic carbocycles. The second-order valence-electron chi connectivity index (χ2n) is 4.28. The van der Waals surface area contributed by atoms with Crippen LogP contribution in [0.2, 0.25) is 0 Å². The van der Waals surface area contributed by atoms with Crippen molar-refractivity contribution in [3.63, 3.8) is 0 Å². The molecule has 0 atom stereocenters. The second kappa shape index (κ2) is 2.62. The van der Waals surface area contributed by atoms with Crippen molar-refractivity contribution >= 4 is 5.69 Å². The molecule has 0 fully saturated rings. The van der Waals surface area contributed by atoms with Crippen molar-refractivity contribution in [1.82, 2.24) is 4.98 Å². The summed E-state index contributed by atoms with van der Waals surface area (Å²) in [5.41, 5.74) is 2.24. The molecule has 1 aromatic rings. The van der Waals surface area contributed by atoms with Crippen molar-refractivity contribution in [3.8, 4) is 5.75 Å². The highest BCUT2D eigenvalue weighted by Gasteiger charge is 2.19. The van der Waals surface area contributed by atoms with Crippen LogP contribution >= 0.6 is 0 Å². The largest absolute Gasteiger partial charge is 0.470 e. The van der Waals surface area contributed by atoms with E-state index in [2.05, 4.69) is 37.1 Å². The number of nitrogens with zero attached hydrogens (tertiary/aromatic N) is 1. The van der Waals surface area contributed by atoms with Gasteiger partial charge in [-0.3, -0.25) is 4.98 Å². The second-order valence-corrected chi connectivity index (χ2v) is 4.28. The highest BCUT2D eigenvalue weighted by Crippen LogP contribution is 2.31.